The van der Waals surface area contributed by atoms with E-state index in [1.54, 1.807) is 6.07 Å². The lowest BCUT2D eigenvalue weighted by atomic mass is 9.64. The zero-order chi connectivity index (χ0) is 17.4. The molecule has 2 aromatic rings. The highest BCUT2D eigenvalue weighted by Crippen LogP contribution is 2.48. The lowest BCUT2D eigenvalue weighted by Crippen LogP contribution is -2.47. The molecule has 7 heteroatoms. The molecule has 25 heavy (non-hydrogen) atoms. The lowest BCUT2D eigenvalue weighted by molar-refractivity contribution is 0.107. The Hall–Kier alpha value is -1.17. The summed E-state index contributed by atoms with van der Waals surface area (Å²) in [6.45, 7) is 2.11. The quantitative estimate of drug-likeness (QED) is 0.766. The van der Waals surface area contributed by atoms with Crippen LogP contribution in [0.5, 0.6) is 0 Å². The SMILES string of the molecule is Nc1nc(N2CCCC3(CCC3)C2)cnc1Sc1cccc(Cl)c1Cl. The minimum atomic E-state index is 0.437. The van der Waals surface area contributed by atoms with Crippen LogP contribution in [-0.2, 0) is 0 Å². The normalized spacial score (nSPS) is 19.0. The molecule has 0 unspecified atom stereocenters. The molecule has 0 bridgehead atoms. The van der Waals surface area contributed by atoms with Crippen molar-refractivity contribution in [2.75, 3.05) is 23.7 Å². The molecule has 1 spiro atoms. The standard InChI is InChI=1S/C18H20Cl2N4S/c19-12-4-1-5-13(15(12)20)25-17-16(21)23-14(10-22-17)24-9-3-8-18(11-24)6-2-7-18/h1,4-5,10H,2-3,6-9,11H2,(H2,21,23). The Kier molecular flexibility index (Phi) is 4.73. The molecule has 132 valence electrons. The third-order valence-electron chi connectivity index (χ3n) is 5.27. The van der Waals surface area contributed by atoms with Crippen molar-refractivity contribution in [1.29, 1.82) is 0 Å². The Morgan fingerprint density at radius 2 is 1.96 bits per heavy atom. The summed E-state index contributed by atoms with van der Waals surface area (Å²) < 4.78 is 0. The largest absolute Gasteiger partial charge is 0.381 e. The van der Waals surface area contributed by atoms with Crippen LogP contribution in [0.2, 0.25) is 10.0 Å². The van der Waals surface area contributed by atoms with Gasteiger partial charge in [-0.05, 0) is 43.2 Å². The average molecular weight is 395 g/mol. The Labute approximate surface area is 162 Å². The second kappa shape index (κ2) is 6.86. The molecule has 4 nitrogen and oxygen atoms in total. The van der Waals surface area contributed by atoms with E-state index in [0.29, 0.717) is 26.3 Å². The molecule has 0 radical (unpaired) electrons. The summed E-state index contributed by atoms with van der Waals surface area (Å²) in [6.07, 6.45) is 8.43. The van der Waals surface area contributed by atoms with Gasteiger partial charge in [-0.1, -0.05) is 47.5 Å². The number of anilines is 2. The Morgan fingerprint density at radius 1 is 1.16 bits per heavy atom. The second-order valence-corrected chi connectivity index (χ2v) is 8.77. The molecule has 1 aromatic heterocycles. The molecule has 4 rings (SSSR count). The monoisotopic (exact) mass is 394 g/mol. The Balaban J connectivity index is 1.53. The van der Waals surface area contributed by atoms with E-state index in [0.717, 1.165) is 23.8 Å². The van der Waals surface area contributed by atoms with Crippen LogP contribution in [0.25, 0.3) is 0 Å². The minimum Gasteiger partial charge on any atom is -0.381 e. The van der Waals surface area contributed by atoms with Crippen molar-refractivity contribution in [3.63, 3.8) is 0 Å². The highest BCUT2D eigenvalue weighted by molar-refractivity contribution is 7.99. The predicted octanol–water partition coefficient (Wildman–Crippen LogP) is 5.29. The minimum absolute atomic E-state index is 0.437. The van der Waals surface area contributed by atoms with Gasteiger partial charge in [-0.3, -0.25) is 0 Å². The highest BCUT2D eigenvalue weighted by atomic mass is 35.5. The first-order valence-electron chi connectivity index (χ1n) is 8.56. The molecule has 1 aromatic carbocycles. The van der Waals surface area contributed by atoms with Gasteiger partial charge in [0.1, 0.15) is 10.8 Å². The van der Waals surface area contributed by atoms with Crippen LogP contribution in [0.4, 0.5) is 11.6 Å². The van der Waals surface area contributed by atoms with Crippen LogP contribution in [-0.4, -0.2) is 23.1 Å². The maximum Gasteiger partial charge on any atom is 0.158 e. The van der Waals surface area contributed by atoms with Gasteiger partial charge in [0.05, 0.1) is 16.2 Å². The van der Waals surface area contributed by atoms with Crippen molar-refractivity contribution in [1.82, 2.24) is 9.97 Å². The zero-order valence-corrected chi connectivity index (χ0v) is 16.2. The van der Waals surface area contributed by atoms with Crippen LogP contribution in [0.15, 0.2) is 34.3 Å². The molecule has 2 fully saturated rings. The summed E-state index contributed by atoms with van der Waals surface area (Å²) in [6, 6.07) is 5.53. The molecule has 2 N–H and O–H groups in total. The first kappa shape index (κ1) is 17.3. The molecule has 2 aliphatic rings. The van der Waals surface area contributed by atoms with Crippen molar-refractivity contribution in [3.8, 4) is 0 Å². The molecule has 1 saturated carbocycles. The number of hydrogen-bond donors (Lipinski definition) is 1. The van der Waals surface area contributed by atoms with E-state index in [2.05, 4.69) is 14.9 Å². The fraction of sp³-hybridized carbons (Fsp3) is 0.444. The van der Waals surface area contributed by atoms with Crippen molar-refractivity contribution in [3.05, 3.63) is 34.4 Å². The van der Waals surface area contributed by atoms with Crippen LogP contribution in [0.3, 0.4) is 0 Å². The summed E-state index contributed by atoms with van der Waals surface area (Å²) in [4.78, 5) is 12.3. The smallest absolute Gasteiger partial charge is 0.158 e. The van der Waals surface area contributed by atoms with Crippen molar-refractivity contribution in [2.45, 2.75) is 42.0 Å². The maximum atomic E-state index is 6.25. The van der Waals surface area contributed by atoms with Crippen LogP contribution >= 0.6 is 35.0 Å². The van der Waals surface area contributed by atoms with E-state index in [1.807, 2.05) is 18.3 Å². The summed E-state index contributed by atoms with van der Waals surface area (Å²) in [5.41, 5.74) is 6.69. The van der Waals surface area contributed by atoms with Gasteiger partial charge in [-0.25, -0.2) is 9.97 Å². The van der Waals surface area contributed by atoms with Gasteiger partial charge in [-0.15, -0.1) is 0 Å². The molecule has 0 amide bonds. The Bertz CT molecular complexity index is 795. The van der Waals surface area contributed by atoms with Crippen molar-refractivity contribution >= 4 is 46.6 Å². The molecular formula is C18H20Cl2N4S. The van der Waals surface area contributed by atoms with Gasteiger partial charge in [0.2, 0.25) is 0 Å². The van der Waals surface area contributed by atoms with Gasteiger partial charge >= 0.3 is 0 Å². The summed E-state index contributed by atoms with van der Waals surface area (Å²) >= 11 is 13.7. The van der Waals surface area contributed by atoms with Crippen molar-refractivity contribution < 1.29 is 0 Å². The number of halogens is 2. The highest BCUT2D eigenvalue weighted by Gasteiger charge is 2.40. The molecule has 1 saturated heterocycles. The van der Waals surface area contributed by atoms with E-state index >= 15 is 0 Å². The predicted molar refractivity (Wildman–Crippen MR) is 105 cm³/mol. The number of nitrogens with zero attached hydrogens (tertiary/aromatic N) is 3. The molecule has 2 heterocycles. The van der Waals surface area contributed by atoms with Crippen molar-refractivity contribution in [2.24, 2.45) is 5.41 Å². The molecule has 0 atom stereocenters. The number of benzene rings is 1. The van der Waals surface area contributed by atoms with E-state index in [9.17, 15) is 0 Å². The third-order valence-corrected chi connectivity index (χ3v) is 7.27. The van der Waals surface area contributed by atoms with E-state index in [4.69, 9.17) is 28.9 Å². The topological polar surface area (TPSA) is 55.0 Å². The molecular weight excluding hydrogens is 375 g/mol. The fourth-order valence-corrected chi connectivity index (χ4v) is 5.05. The fourth-order valence-electron chi connectivity index (χ4n) is 3.77. The van der Waals surface area contributed by atoms with Crippen LogP contribution < -0.4 is 10.6 Å². The van der Waals surface area contributed by atoms with Gasteiger partial charge in [-0.2, -0.15) is 0 Å². The zero-order valence-electron chi connectivity index (χ0n) is 13.8. The average Bonchev–Trinajstić information content (AvgIpc) is 2.59. The second-order valence-electron chi connectivity index (χ2n) is 6.95. The molecule has 1 aliphatic carbocycles. The van der Waals surface area contributed by atoms with Crippen LogP contribution in [0, 0.1) is 5.41 Å². The third kappa shape index (κ3) is 3.42. The maximum absolute atomic E-state index is 6.25. The van der Waals surface area contributed by atoms with E-state index in [1.165, 1.54) is 43.9 Å². The van der Waals surface area contributed by atoms with Gasteiger partial charge in [0.15, 0.2) is 5.82 Å². The summed E-state index contributed by atoms with van der Waals surface area (Å²) in [5.74, 6) is 1.32. The van der Waals surface area contributed by atoms with Gasteiger partial charge in [0.25, 0.3) is 0 Å². The van der Waals surface area contributed by atoms with Crippen LogP contribution in [0.1, 0.15) is 32.1 Å². The van der Waals surface area contributed by atoms with Gasteiger partial charge in [0, 0.05) is 18.0 Å². The first-order valence-corrected chi connectivity index (χ1v) is 10.1. The molecule has 1 aliphatic heterocycles. The van der Waals surface area contributed by atoms with Gasteiger partial charge < -0.3 is 10.6 Å². The number of nitrogen functional groups attached to an aromatic ring is 1. The van der Waals surface area contributed by atoms with E-state index < -0.39 is 0 Å². The number of piperidine rings is 1. The lowest BCUT2D eigenvalue weighted by Gasteiger charge is -2.49. The first-order chi connectivity index (χ1) is 12.1. The number of nitrogens with two attached hydrogens (primary N) is 1. The number of hydrogen-bond acceptors (Lipinski definition) is 5. The Morgan fingerprint density at radius 3 is 2.68 bits per heavy atom. The summed E-state index contributed by atoms with van der Waals surface area (Å²) in [5, 5.41) is 1.69. The summed E-state index contributed by atoms with van der Waals surface area (Å²) in [7, 11) is 0. The van der Waals surface area contributed by atoms with E-state index in [-0.39, 0.29) is 0 Å². The number of aromatic nitrogens is 2. The number of rotatable bonds is 3.